The molecule has 0 radical (unpaired) electrons. The molecule has 20 heavy (non-hydrogen) atoms. The maximum atomic E-state index is 11.9. The Bertz CT molecular complexity index is 652. The number of H-pyrrole nitrogens is 1. The van der Waals surface area contributed by atoms with Gasteiger partial charge in [0.15, 0.2) is 5.82 Å². The predicted octanol–water partition coefficient (Wildman–Crippen LogP) is 1.50. The van der Waals surface area contributed by atoms with Gasteiger partial charge in [0, 0.05) is 24.5 Å². The van der Waals surface area contributed by atoms with Gasteiger partial charge in [-0.25, -0.2) is 5.10 Å². The Morgan fingerprint density at radius 2 is 2.10 bits per heavy atom. The smallest absolute Gasteiger partial charge is 0.272 e. The van der Waals surface area contributed by atoms with Gasteiger partial charge >= 0.3 is 0 Å². The largest absolute Gasteiger partial charge is 0.353 e. The molecule has 106 valence electrons. The number of fused-ring (bicyclic) bond motifs is 1. The van der Waals surface area contributed by atoms with Gasteiger partial charge in [-0.2, -0.15) is 5.10 Å². The van der Waals surface area contributed by atoms with Gasteiger partial charge in [0.2, 0.25) is 0 Å². The van der Waals surface area contributed by atoms with Gasteiger partial charge in [0.25, 0.3) is 5.56 Å². The van der Waals surface area contributed by atoms with E-state index in [1.807, 2.05) is 31.3 Å². The predicted molar refractivity (Wildman–Crippen MR) is 81.3 cm³/mol. The Labute approximate surface area is 118 Å². The van der Waals surface area contributed by atoms with Gasteiger partial charge in [-0.3, -0.25) is 4.79 Å². The molecule has 0 amide bonds. The van der Waals surface area contributed by atoms with E-state index in [4.69, 9.17) is 0 Å². The summed E-state index contributed by atoms with van der Waals surface area (Å²) in [4.78, 5) is 14.1. The van der Waals surface area contributed by atoms with Crippen LogP contribution in [0.5, 0.6) is 0 Å². The second kappa shape index (κ2) is 5.63. The van der Waals surface area contributed by atoms with Gasteiger partial charge in [-0.05, 0) is 26.0 Å². The zero-order valence-electron chi connectivity index (χ0n) is 11.7. The normalized spacial score (nSPS) is 20.1. The molecule has 1 atom stereocenters. The summed E-state index contributed by atoms with van der Waals surface area (Å²) in [6.07, 6.45) is 3.57. The molecule has 0 spiro atoms. The fraction of sp³-hybridized carbons (Fsp3) is 0.467. The van der Waals surface area contributed by atoms with Crippen molar-refractivity contribution in [3.05, 3.63) is 34.6 Å². The lowest BCUT2D eigenvalue weighted by molar-refractivity contribution is 0.531. The SMILES string of the molecule is CNC1CCCCN(c2n[nH]c(=O)c3ccccc23)C1. The van der Waals surface area contributed by atoms with Crippen molar-refractivity contribution in [1.82, 2.24) is 15.5 Å². The molecule has 1 aliphatic rings. The standard InChI is InChI=1S/C15H20N4O/c1-16-11-6-4-5-9-19(10-11)14-12-7-2-3-8-13(12)15(20)18-17-14/h2-3,7-8,11,16H,4-6,9-10H2,1H3,(H,18,20). The second-order valence-electron chi connectivity index (χ2n) is 5.35. The molecule has 5 heteroatoms. The minimum Gasteiger partial charge on any atom is -0.353 e. The summed E-state index contributed by atoms with van der Waals surface area (Å²) in [7, 11) is 2.01. The van der Waals surface area contributed by atoms with E-state index < -0.39 is 0 Å². The summed E-state index contributed by atoms with van der Waals surface area (Å²) in [6.45, 7) is 1.92. The molecule has 0 saturated carbocycles. The van der Waals surface area contributed by atoms with Crippen molar-refractivity contribution in [2.45, 2.75) is 25.3 Å². The third kappa shape index (κ3) is 2.41. The molecular weight excluding hydrogens is 252 g/mol. The van der Waals surface area contributed by atoms with Gasteiger partial charge < -0.3 is 10.2 Å². The van der Waals surface area contributed by atoms with Gasteiger partial charge in [-0.15, -0.1) is 0 Å². The first kappa shape index (κ1) is 13.1. The zero-order chi connectivity index (χ0) is 13.9. The molecule has 1 fully saturated rings. The Balaban J connectivity index is 2.05. The molecular formula is C15H20N4O. The van der Waals surface area contributed by atoms with Crippen molar-refractivity contribution in [3.63, 3.8) is 0 Å². The summed E-state index contributed by atoms with van der Waals surface area (Å²) in [6, 6.07) is 8.16. The van der Waals surface area contributed by atoms with Crippen LogP contribution in [0.2, 0.25) is 0 Å². The third-order valence-electron chi connectivity index (χ3n) is 4.06. The van der Waals surface area contributed by atoms with Crippen LogP contribution in [0.3, 0.4) is 0 Å². The van der Waals surface area contributed by atoms with E-state index in [1.165, 1.54) is 12.8 Å². The van der Waals surface area contributed by atoms with Crippen LogP contribution in [0.1, 0.15) is 19.3 Å². The fourth-order valence-corrected chi connectivity index (χ4v) is 2.91. The van der Waals surface area contributed by atoms with E-state index in [1.54, 1.807) is 0 Å². The molecule has 1 aliphatic heterocycles. The number of nitrogens with one attached hydrogen (secondary N) is 2. The van der Waals surface area contributed by atoms with E-state index in [0.717, 1.165) is 30.7 Å². The Kier molecular flexibility index (Phi) is 3.69. The first-order chi connectivity index (χ1) is 9.79. The lowest BCUT2D eigenvalue weighted by atomic mass is 10.1. The van der Waals surface area contributed by atoms with E-state index in [2.05, 4.69) is 20.4 Å². The molecule has 1 aromatic carbocycles. The first-order valence-electron chi connectivity index (χ1n) is 7.19. The van der Waals surface area contributed by atoms with Crippen molar-refractivity contribution >= 4 is 16.6 Å². The van der Waals surface area contributed by atoms with E-state index >= 15 is 0 Å². The van der Waals surface area contributed by atoms with Crippen molar-refractivity contribution in [2.24, 2.45) is 0 Å². The van der Waals surface area contributed by atoms with Crippen molar-refractivity contribution in [3.8, 4) is 0 Å². The number of aromatic amines is 1. The van der Waals surface area contributed by atoms with Crippen molar-refractivity contribution < 1.29 is 0 Å². The molecule has 1 unspecified atom stereocenters. The van der Waals surface area contributed by atoms with E-state index in [9.17, 15) is 4.79 Å². The second-order valence-corrected chi connectivity index (χ2v) is 5.35. The monoisotopic (exact) mass is 272 g/mol. The molecule has 0 aliphatic carbocycles. The summed E-state index contributed by atoms with van der Waals surface area (Å²) >= 11 is 0. The van der Waals surface area contributed by atoms with E-state index in [-0.39, 0.29) is 5.56 Å². The quantitative estimate of drug-likeness (QED) is 0.870. The van der Waals surface area contributed by atoms with Crippen LogP contribution in [0.25, 0.3) is 10.8 Å². The fourth-order valence-electron chi connectivity index (χ4n) is 2.91. The number of anilines is 1. The minimum atomic E-state index is -0.121. The molecule has 2 N–H and O–H groups in total. The molecule has 5 nitrogen and oxygen atoms in total. The summed E-state index contributed by atoms with van der Waals surface area (Å²) in [5.74, 6) is 0.891. The topological polar surface area (TPSA) is 61.0 Å². The number of hydrogen-bond acceptors (Lipinski definition) is 4. The van der Waals surface area contributed by atoms with E-state index in [0.29, 0.717) is 11.4 Å². The van der Waals surface area contributed by atoms with Crippen LogP contribution in [0.4, 0.5) is 5.82 Å². The van der Waals surface area contributed by atoms with Crippen LogP contribution in [0.15, 0.2) is 29.1 Å². The van der Waals surface area contributed by atoms with Crippen LogP contribution >= 0.6 is 0 Å². The maximum Gasteiger partial charge on any atom is 0.272 e. The van der Waals surface area contributed by atoms with Gasteiger partial charge in [0.1, 0.15) is 0 Å². The van der Waals surface area contributed by atoms with Crippen LogP contribution in [0, 0.1) is 0 Å². The first-order valence-corrected chi connectivity index (χ1v) is 7.19. The molecule has 2 aromatic rings. The number of aromatic nitrogens is 2. The van der Waals surface area contributed by atoms with Crippen LogP contribution < -0.4 is 15.8 Å². The Morgan fingerprint density at radius 1 is 1.30 bits per heavy atom. The zero-order valence-corrected chi connectivity index (χ0v) is 11.7. The highest BCUT2D eigenvalue weighted by Gasteiger charge is 2.20. The molecule has 3 rings (SSSR count). The lowest BCUT2D eigenvalue weighted by Gasteiger charge is -2.25. The third-order valence-corrected chi connectivity index (χ3v) is 4.06. The minimum absolute atomic E-state index is 0.121. The highest BCUT2D eigenvalue weighted by atomic mass is 16.1. The molecule has 0 bridgehead atoms. The summed E-state index contributed by atoms with van der Waals surface area (Å²) in [5.41, 5.74) is -0.121. The number of benzene rings is 1. The van der Waals surface area contributed by atoms with Gasteiger partial charge in [-0.1, -0.05) is 24.6 Å². The number of rotatable bonds is 2. The number of likely N-dealkylation sites (N-methyl/N-ethyl adjacent to an activating group) is 1. The van der Waals surface area contributed by atoms with Crippen molar-refractivity contribution in [1.29, 1.82) is 0 Å². The summed E-state index contributed by atoms with van der Waals surface area (Å²) in [5, 5.41) is 11.9. The van der Waals surface area contributed by atoms with Gasteiger partial charge in [0.05, 0.1) is 5.39 Å². The highest BCUT2D eigenvalue weighted by molar-refractivity contribution is 5.91. The molecule has 1 saturated heterocycles. The average molecular weight is 272 g/mol. The van der Waals surface area contributed by atoms with Crippen molar-refractivity contribution in [2.75, 3.05) is 25.0 Å². The average Bonchev–Trinajstić information content (AvgIpc) is 2.73. The Morgan fingerprint density at radius 3 is 2.90 bits per heavy atom. The lowest BCUT2D eigenvalue weighted by Crippen LogP contribution is -2.38. The molecule has 1 aromatic heterocycles. The maximum absolute atomic E-state index is 11.9. The van der Waals surface area contributed by atoms with Crippen LogP contribution in [-0.4, -0.2) is 36.4 Å². The molecule has 2 heterocycles. The number of nitrogens with zero attached hydrogens (tertiary/aromatic N) is 2. The summed E-state index contributed by atoms with van der Waals surface area (Å²) < 4.78 is 0. The Hall–Kier alpha value is -1.88. The highest BCUT2D eigenvalue weighted by Crippen LogP contribution is 2.23. The number of hydrogen-bond donors (Lipinski definition) is 2. The van der Waals surface area contributed by atoms with Crippen LogP contribution in [-0.2, 0) is 0 Å².